The molecule has 0 aromatic carbocycles. The zero-order valence-corrected chi connectivity index (χ0v) is 12.1. The van der Waals surface area contributed by atoms with Gasteiger partial charge in [-0.3, -0.25) is 4.72 Å². The zero-order valence-electron chi connectivity index (χ0n) is 10.5. The van der Waals surface area contributed by atoms with Crippen LogP contribution in [-0.2, 0) is 10.0 Å². The molecule has 0 radical (unpaired) electrons. The lowest BCUT2D eigenvalue weighted by Crippen LogP contribution is -2.27. The first-order chi connectivity index (χ1) is 8.61. The van der Waals surface area contributed by atoms with Gasteiger partial charge in [0.05, 0.1) is 11.4 Å². The van der Waals surface area contributed by atoms with Crippen molar-refractivity contribution in [1.29, 1.82) is 0 Å². The molecular formula is C11H19N3O2S2. The molecule has 1 aromatic rings. The molecule has 0 saturated heterocycles. The van der Waals surface area contributed by atoms with Crippen LogP contribution in [0.2, 0.25) is 0 Å². The number of hydrogen-bond donors (Lipinski definition) is 2. The third-order valence-corrected chi connectivity index (χ3v) is 4.89. The van der Waals surface area contributed by atoms with E-state index in [0.29, 0.717) is 17.6 Å². The van der Waals surface area contributed by atoms with Crippen molar-refractivity contribution in [2.45, 2.75) is 32.1 Å². The molecule has 7 heteroatoms. The Labute approximate surface area is 112 Å². The third kappa shape index (κ3) is 4.22. The van der Waals surface area contributed by atoms with Gasteiger partial charge in [-0.05, 0) is 25.8 Å². The van der Waals surface area contributed by atoms with Crippen molar-refractivity contribution in [2.75, 3.05) is 23.6 Å². The molecule has 0 unspecified atom stereocenters. The smallest absolute Gasteiger partial charge is 0.235 e. The summed E-state index contributed by atoms with van der Waals surface area (Å²) in [4.78, 5) is 4.31. The number of anilines is 1. The molecule has 102 valence electrons. The summed E-state index contributed by atoms with van der Waals surface area (Å²) in [5.74, 6) is 0.649. The van der Waals surface area contributed by atoms with Gasteiger partial charge in [0, 0.05) is 17.8 Å². The van der Waals surface area contributed by atoms with Crippen molar-refractivity contribution in [1.82, 2.24) is 10.3 Å². The van der Waals surface area contributed by atoms with Crippen LogP contribution in [0.1, 0.15) is 37.8 Å². The molecule has 1 aliphatic rings. The summed E-state index contributed by atoms with van der Waals surface area (Å²) in [6.07, 6.45) is 3.36. The summed E-state index contributed by atoms with van der Waals surface area (Å²) in [5.41, 5.74) is 1.03. The lowest BCUT2D eigenvalue weighted by molar-refractivity contribution is 0.595. The van der Waals surface area contributed by atoms with E-state index in [-0.39, 0.29) is 5.75 Å². The van der Waals surface area contributed by atoms with Crippen molar-refractivity contribution in [3.05, 3.63) is 11.1 Å². The Kier molecular flexibility index (Phi) is 4.58. The Hall–Kier alpha value is -0.660. The number of thiazole rings is 1. The van der Waals surface area contributed by atoms with Gasteiger partial charge >= 0.3 is 0 Å². The molecule has 1 heterocycles. The second-order valence-corrected chi connectivity index (χ2v) is 7.22. The van der Waals surface area contributed by atoms with Crippen LogP contribution in [0.15, 0.2) is 5.38 Å². The molecule has 0 aliphatic heterocycles. The molecule has 0 atom stereocenters. The van der Waals surface area contributed by atoms with Crippen LogP contribution >= 0.6 is 11.3 Å². The minimum atomic E-state index is -3.27. The van der Waals surface area contributed by atoms with E-state index in [4.69, 9.17) is 0 Å². The van der Waals surface area contributed by atoms with Crippen molar-refractivity contribution in [3.8, 4) is 0 Å². The van der Waals surface area contributed by atoms with E-state index >= 15 is 0 Å². The van der Waals surface area contributed by atoms with Gasteiger partial charge in [0.1, 0.15) is 0 Å². The summed E-state index contributed by atoms with van der Waals surface area (Å²) >= 11 is 1.37. The number of hydrogen-bond acceptors (Lipinski definition) is 5. The standard InChI is InChI=1S/C11H19N3O2S2/c1-2-5-12-6-7-18(15,16)14-11-13-10(8-17-11)9-3-4-9/h8-9,12H,2-7H2,1H3,(H,13,14). The van der Waals surface area contributed by atoms with Crippen LogP contribution in [0, 0.1) is 0 Å². The normalized spacial score (nSPS) is 15.8. The molecule has 18 heavy (non-hydrogen) atoms. The minimum Gasteiger partial charge on any atom is -0.316 e. The minimum absolute atomic E-state index is 0.0886. The van der Waals surface area contributed by atoms with Gasteiger partial charge in [0.25, 0.3) is 0 Å². The fourth-order valence-electron chi connectivity index (χ4n) is 1.59. The summed E-state index contributed by atoms with van der Waals surface area (Å²) in [6.45, 7) is 3.37. The Morgan fingerprint density at radius 1 is 1.44 bits per heavy atom. The maximum atomic E-state index is 11.8. The number of sulfonamides is 1. The molecular weight excluding hydrogens is 270 g/mol. The highest BCUT2D eigenvalue weighted by Gasteiger charge is 2.26. The predicted octanol–water partition coefficient (Wildman–Crippen LogP) is 1.76. The first-order valence-electron chi connectivity index (χ1n) is 6.27. The molecule has 1 fully saturated rings. The highest BCUT2D eigenvalue weighted by Crippen LogP contribution is 2.40. The monoisotopic (exact) mass is 289 g/mol. The summed E-state index contributed by atoms with van der Waals surface area (Å²) in [6, 6.07) is 0. The number of nitrogens with one attached hydrogen (secondary N) is 2. The lowest BCUT2D eigenvalue weighted by atomic mass is 10.3. The average Bonchev–Trinajstić information content (AvgIpc) is 3.07. The molecule has 0 spiro atoms. The average molecular weight is 289 g/mol. The van der Waals surface area contributed by atoms with Crippen molar-refractivity contribution in [2.24, 2.45) is 0 Å². The molecule has 1 saturated carbocycles. The molecule has 1 aromatic heterocycles. The molecule has 1 aliphatic carbocycles. The van der Waals surface area contributed by atoms with Crippen LogP contribution in [0.3, 0.4) is 0 Å². The van der Waals surface area contributed by atoms with E-state index in [1.165, 1.54) is 24.2 Å². The Bertz CT molecular complexity index is 480. The van der Waals surface area contributed by atoms with Gasteiger partial charge in [-0.25, -0.2) is 13.4 Å². The van der Waals surface area contributed by atoms with Gasteiger partial charge in [-0.15, -0.1) is 11.3 Å². The quantitative estimate of drug-likeness (QED) is 0.715. The van der Waals surface area contributed by atoms with E-state index in [2.05, 4.69) is 21.9 Å². The van der Waals surface area contributed by atoms with Crippen LogP contribution < -0.4 is 10.0 Å². The fourth-order valence-corrected chi connectivity index (χ4v) is 3.63. The highest BCUT2D eigenvalue weighted by atomic mass is 32.2. The maximum Gasteiger partial charge on any atom is 0.235 e. The Morgan fingerprint density at radius 3 is 2.89 bits per heavy atom. The Morgan fingerprint density at radius 2 is 2.22 bits per heavy atom. The van der Waals surface area contributed by atoms with Crippen molar-refractivity contribution in [3.63, 3.8) is 0 Å². The van der Waals surface area contributed by atoms with Crippen LogP contribution in [0.4, 0.5) is 5.13 Å². The van der Waals surface area contributed by atoms with Crippen LogP contribution in [0.5, 0.6) is 0 Å². The van der Waals surface area contributed by atoms with Gasteiger partial charge in [-0.2, -0.15) is 0 Å². The molecule has 2 N–H and O–H groups in total. The van der Waals surface area contributed by atoms with E-state index in [1.807, 2.05) is 5.38 Å². The fraction of sp³-hybridized carbons (Fsp3) is 0.727. The number of rotatable bonds is 8. The van der Waals surface area contributed by atoms with Gasteiger partial charge < -0.3 is 5.32 Å². The lowest BCUT2D eigenvalue weighted by Gasteiger charge is -2.05. The summed E-state index contributed by atoms with van der Waals surface area (Å²) in [5, 5.41) is 5.52. The first-order valence-corrected chi connectivity index (χ1v) is 8.80. The molecule has 0 bridgehead atoms. The van der Waals surface area contributed by atoms with E-state index in [1.54, 1.807) is 0 Å². The first kappa shape index (κ1) is 13.8. The predicted molar refractivity (Wildman–Crippen MR) is 74.7 cm³/mol. The second-order valence-electron chi connectivity index (χ2n) is 4.52. The van der Waals surface area contributed by atoms with Gasteiger partial charge in [0.15, 0.2) is 5.13 Å². The molecule has 5 nitrogen and oxygen atoms in total. The van der Waals surface area contributed by atoms with Crippen molar-refractivity contribution >= 4 is 26.5 Å². The SMILES string of the molecule is CCCNCCS(=O)(=O)Nc1nc(C2CC2)cs1. The van der Waals surface area contributed by atoms with Crippen LogP contribution in [0.25, 0.3) is 0 Å². The van der Waals surface area contributed by atoms with Crippen LogP contribution in [-0.4, -0.2) is 32.2 Å². The third-order valence-electron chi connectivity index (χ3n) is 2.73. The largest absolute Gasteiger partial charge is 0.316 e. The number of aromatic nitrogens is 1. The molecule has 0 amide bonds. The number of nitrogens with zero attached hydrogens (tertiary/aromatic N) is 1. The topological polar surface area (TPSA) is 71.1 Å². The van der Waals surface area contributed by atoms with E-state index < -0.39 is 10.0 Å². The van der Waals surface area contributed by atoms with Gasteiger partial charge in [0.2, 0.25) is 10.0 Å². The second kappa shape index (κ2) is 5.99. The Balaban J connectivity index is 1.82. The maximum absolute atomic E-state index is 11.8. The van der Waals surface area contributed by atoms with Gasteiger partial charge in [-0.1, -0.05) is 6.92 Å². The van der Waals surface area contributed by atoms with Crippen molar-refractivity contribution < 1.29 is 8.42 Å². The highest BCUT2D eigenvalue weighted by molar-refractivity contribution is 7.92. The summed E-state index contributed by atoms with van der Waals surface area (Å²) < 4.78 is 26.1. The summed E-state index contributed by atoms with van der Waals surface area (Å²) in [7, 11) is -3.27. The molecule has 2 rings (SSSR count). The van der Waals surface area contributed by atoms with E-state index in [0.717, 1.165) is 18.7 Å². The van der Waals surface area contributed by atoms with E-state index in [9.17, 15) is 8.42 Å². The zero-order chi connectivity index (χ0) is 13.0.